The second kappa shape index (κ2) is 12.2. The van der Waals surface area contributed by atoms with Crippen LogP contribution in [0.3, 0.4) is 0 Å². The maximum absolute atomic E-state index is 7.22. The molecule has 5 heteroatoms. The van der Waals surface area contributed by atoms with Crippen molar-refractivity contribution >= 4 is 46.2 Å². The highest BCUT2D eigenvalue weighted by atomic mass is 16.5. The van der Waals surface area contributed by atoms with Crippen molar-refractivity contribution in [3.05, 3.63) is 167 Å². The van der Waals surface area contributed by atoms with Crippen LogP contribution in [0.15, 0.2) is 133 Å². The zero-order valence-corrected chi connectivity index (χ0v) is 30.7. The molecule has 2 aliphatic heterocycles. The average molecular weight is 670 g/mol. The molecule has 52 heavy (non-hydrogen) atoms. The fourth-order valence-corrected chi connectivity index (χ4v) is 8.83. The molecule has 0 aliphatic carbocycles. The Balaban J connectivity index is 1.42. The number of rotatable bonds is 2. The van der Waals surface area contributed by atoms with Crippen LogP contribution in [0.5, 0.6) is 11.5 Å². The second-order valence-electron chi connectivity index (χ2n) is 15.2. The lowest BCUT2D eigenvalue weighted by atomic mass is 9.20. The number of nitrogens with zero attached hydrogens (tertiary/aromatic N) is 2. The topological polar surface area (TPSA) is 35.0 Å². The summed E-state index contributed by atoms with van der Waals surface area (Å²) in [4.78, 5) is 10.6. The number of fused-ring (bicyclic) bond motifs is 13. The van der Waals surface area contributed by atoms with Crippen LogP contribution in [0.4, 0.5) is 0 Å². The van der Waals surface area contributed by atoms with E-state index in [4.69, 9.17) is 14.7 Å². The molecule has 0 unspecified atom stereocenters. The summed E-state index contributed by atoms with van der Waals surface area (Å²) >= 11 is 0. The van der Waals surface area contributed by atoms with Crippen LogP contribution < -0.4 is 37.5 Å². The molecule has 7 aromatic rings. The molecule has 3 nitrogen and oxygen atoms in total. The van der Waals surface area contributed by atoms with Gasteiger partial charge in [-0.1, -0.05) is 141 Å². The SMILES string of the molecule is Cc1cccc(C)c1B1c2ccccc2B(c2c(C)cccc2C)c2c3cc(cc21)-c1cccc(n1)C(C)(C)c1cccc(n1)-c1cccc(c1)O3. The van der Waals surface area contributed by atoms with Crippen molar-refractivity contribution in [2.24, 2.45) is 0 Å². The molecule has 0 saturated carbocycles. The van der Waals surface area contributed by atoms with Gasteiger partial charge >= 0.3 is 0 Å². The molecule has 0 radical (unpaired) electrons. The summed E-state index contributed by atoms with van der Waals surface area (Å²) in [7, 11) is 0. The van der Waals surface area contributed by atoms with Gasteiger partial charge in [-0.05, 0) is 89.5 Å². The molecule has 4 heterocycles. The Labute approximate surface area is 308 Å². The van der Waals surface area contributed by atoms with E-state index in [2.05, 4.69) is 175 Å². The smallest absolute Gasteiger partial charge is 0.245 e. The van der Waals surface area contributed by atoms with Crippen molar-refractivity contribution in [3.8, 4) is 34.0 Å². The maximum atomic E-state index is 7.22. The van der Waals surface area contributed by atoms with Crippen LogP contribution in [-0.2, 0) is 5.41 Å². The minimum Gasteiger partial charge on any atom is -0.458 e. The van der Waals surface area contributed by atoms with Gasteiger partial charge in [-0.3, -0.25) is 9.97 Å². The van der Waals surface area contributed by atoms with Gasteiger partial charge in [-0.25, -0.2) is 0 Å². The largest absolute Gasteiger partial charge is 0.458 e. The van der Waals surface area contributed by atoms with Gasteiger partial charge in [0.25, 0.3) is 0 Å². The molecule has 0 N–H and O–H groups in total. The first-order chi connectivity index (χ1) is 25.2. The van der Waals surface area contributed by atoms with Gasteiger partial charge in [-0.2, -0.15) is 0 Å². The molecule has 0 fully saturated rings. The van der Waals surface area contributed by atoms with E-state index >= 15 is 0 Å². The number of hydrogen-bond donors (Lipinski definition) is 0. The third-order valence-electron chi connectivity index (χ3n) is 11.5. The van der Waals surface area contributed by atoms with Gasteiger partial charge in [0.1, 0.15) is 11.5 Å². The van der Waals surface area contributed by atoms with Crippen molar-refractivity contribution in [1.29, 1.82) is 0 Å². The highest BCUT2D eigenvalue weighted by Crippen LogP contribution is 2.35. The third-order valence-corrected chi connectivity index (χ3v) is 11.5. The molecule has 2 aliphatic rings. The summed E-state index contributed by atoms with van der Waals surface area (Å²) < 4.78 is 7.22. The number of aryl methyl sites for hydroxylation is 4. The minimum absolute atomic E-state index is 0.00382. The second-order valence-corrected chi connectivity index (χ2v) is 15.2. The van der Waals surface area contributed by atoms with E-state index in [1.54, 1.807) is 0 Å². The zero-order chi connectivity index (χ0) is 35.7. The summed E-state index contributed by atoms with van der Waals surface area (Å²) in [6, 6.07) is 48.2. The number of aromatic nitrogens is 2. The Kier molecular flexibility index (Phi) is 7.59. The third kappa shape index (κ3) is 5.13. The Morgan fingerprint density at radius 3 is 1.60 bits per heavy atom. The molecule has 0 amide bonds. The number of ether oxygens (including phenoxy) is 1. The van der Waals surface area contributed by atoms with Gasteiger partial charge in [0.05, 0.1) is 22.8 Å². The van der Waals surface area contributed by atoms with E-state index < -0.39 is 5.41 Å². The fraction of sp³-hybridized carbons (Fsp3) is 0.149. The molecular weight excluding hydrogens is 630 g/mol. The normalized spacial score (nSPS) is 13.8. The van der Waals surface area contributed by atoms with E-state index in [1.165, 1.54) is 55.0 Å². The van der Waals surface area contributed by atoms with Crippen LogP contribution in [0.2, 0.25) is 0 Å². The van der Waals surface area contributed by atoms with Crippen molar-refractivity contribution < 1.29 is 4.74 Å². The highest BCUT2D eigenvalue weighted by molar-refractivity contribution is 7.12. The summed E-state index contributed by atoms with van der Waals surface area (Å²) in [5, 5.41) is 0. The van der Waals surface area contributed by atoms with Gasteiger partial charge in [0.15, 0.2) is 0 Å². The lowest BCUT2D eigenvalue weighted by Gasteiger charge is -2.36. The predicted octanol–water partition coefficient (Wildman–Crippen LogP) is 6.82. The standard InChI is InChI=1S/C47H40B2N2O/c1-29-14-9-15-30(2)44(29)48-36-20-7-8-21-37(36)49(45-31(3)16-10-17-32(45)4)46-38(48)27-34-28-41(46)52-35-19-11-18-33(26-35)39-22-12-24-42(50-39)47(5,6)43-25-13-23-40(34)51-43/h7-28H,1-6H3. The predicted molar refractivity (Wildman–Crippen MR) is 219 cm³/mol. The molecular formula is C47H40B2N2O. The fourth-order valence-electron chi connectivity index (χ4n) is 8.83. The molecule has 0 spiro atoms. The van der Waals surface area contributed by atoms with Crippen LogP contribution in [0.25, 0.3) is 22.5 Å². The van der Waals surface area contributed by atoms with E-state index in [9.17, 15) is 0 Å². The molecule has 250 valence electrons. The van der Waals surface area contributed by atoms with Crippen LogP contribution in [0.1, 0.15) is 47.5 Å². The lowest BCUT2D eigenvalue weighted by molar-refractivity contribution is 0.487. The Hall–Kier alpha value is -5.67. The highest BCUT2D eigenvalue weighted by Gasteiger charge is 2.43. The molecule has 8 bridgehead atoms. The average Bonchev–Trinajstić information content (AvgIpc) is 3.15. The van der Waals surface area contributed by atoms with Crippen molar-refractivity contribution in [2.45, 2.75) is 47.0 Å². The summed E-state index contributed by atoms with van der Waals surface area (Å²) in [5.41, 5.74) is 18.4. The molecule has 2 aromatic heterocycles. The Morgan fingerprint density at radius 2 is 0.981 bits per heavy atom. The first kappa shape index (κ1) is 32.3. The monoisotopic (exact) mass is 670 g/mol. The zero-order valence-electron chi connectivity index (χ0n) is 30.7. The van der Waals surface area contributed by atoms with E-state index in [0.717, 1.165) is 45.4 Å². The van der Waals surface area contributed by atoms with E-state index in [0.29, 0.717) is 0 Å². The number of benzene rings is 5. The summed E-state index contributed by atoms with van der Waals surface area (Å²) in [6.45, 7) is 13.4. The van der Waals surface area contributed by atoms with Gasteiger partial charge in [-0.15, -0.1) is 0 Å². The lowest BCUT2D eigenvalue weighted by Crippen LogP contribution is -2.76. The van der Waals surface area contributed by atoms with Crippen molar-refractivity contribution in [1.82, 2.24) is 9.97 Å². The molecule has 0 saturated heterocycles. The molecule has 0 atom stereocenters. The first-order valence-electron chi connectivity index (χ1n) is 18.3. The van der Waals surface area contributed by atoms with Gasteiger partial charge < -0.3 is 4.74 Å². The molecule has 5 aromatic carbocycles. The van der Waals surface area contributed by atoms with Gasteiger partial charge in [0, 0.05) is 16.5 Å². The summed E-state index contributed by atoms with van der Waals surface area (Å²) in [6.07, 6.45) is 0. The van der Waals surface area contributed by atoms with Crippen LogP contribution in [0, 0.1) is 27.7 Å². The van der Waals surface area contributed by atoms with Gasteiger partial charge in [0.2, 0.25) is 13.4 Å². The van der Waals surface area contributed by atoms with Crippen molar-refractivity contribution in [2.75, 3.05) is 0 Å². The molecule has 9 rings (SSSR count). The Morgan fingerprint density at radius 1 is 0.462 bits per heavy atom. The van der Waals surface area contributed by atoms with E-state index in [1.807, 2.05) is 0 Å². The number of pyridine rings is 2. The quantitative estimate of drug-likeness (QED) is 0.190. The van der Waals surface area contributed by atoms with E-state index in [-0.39, 0.29) is 13.4 Å². The van der Waals surface area contributed by atoms with Crippen LogP contribution >= 0.6 is 0 Å². The van der Waals surface area contributed by atoms with Crippen LogP contribution in [-0.4, -0.2) is 23.4 Å². The first-order valence-corrected chi connectivity index (χ1v) is 18.3. The van der Waals surface area contributed by atoms with Crippen molar-refractivity contribution in [3.63, 3.8) is 0 Å². The summed E-state index contributed by atoms with van der Waals surface area (Å²) in [5.74, 6) is 1.64. The number of hydrogen-bond acceptors (Lipinski definition) is 3. The maximum Gasteiger partial charge on any atom is 0.245 e. The minimum atomic E-state index is -0.422. The Bertz CT molecular complexity index is 2510.